The molecule has 2 fully saturated rings. The van der Waals surface area contributed by atoms with Gasteiger partial charge in [-0.2, -0.15) is 9.78 Å². The van der Waals surface area contributed by atoms with Crippen molar-refractivity contribution in [2.75, 3.05) is 31.1 Å². The van der Waals surface area contributed by atoms with E-state index in [1.165, 1.54) is 23.4 Å². The minimum atomic E-state index is 0.568. The van der Waals surface area contributed by atoms with Crippen LogP contribution in [0.5, 0.6) is 0 Å². The van der Waals surface area contributed by atoms with Crippen LogP contribution in [-0.2, 0) is 13.1 Å². The largest absolute Gasteiger partial charge is 0.360 e. The highest BCUT2D eigenvalue weighted by Gasteiger charge is 2.29. The van der Waals surface area contributed by atoms with Gasteiger partial charge in [-0.15, -0.1) is 11.3 Å². The van der Waals surface area contributed by atoms with E-state index in [0.29, 0.717) is 6.04 Å². The van der Waals surface area contributed by atoms with Gasteiger partial charge in [0.05, 0.1) is 26.2 Å². The Kier molecular flexibility index (Phi) is 5.00. The van der Waals surface area contributed by atoms with E-state index in [9.17, 15) is 0 Å². The number of anilines is 1. The van der Waals surface area contributed by atoms with Crippen LogP contribution >= 0.6 is 23.6 Å². The van der Waals surface area contributed by atoms with E-state index in [1.807, 2.05) is 12.4 Å². The number of aromatic amines is 1. The Morgan fingerprint density at radius 3 is 2.64 bits per heavy atom. The summed E-state index contributed by atoms with van der Waals surface area (Å²) in [6.07, 6.45) is 7.34. The van der Waals surface area contributed by atoms with E-state index in [2.05, 4.69) is 48.8 Å². The summed E-state index contributed by atoms with van der Waals surface area (Å²) in [5.41, 5.74) is 1.30. The molecule has 1 aliphatic carbocycles. The highest BCUT2D eigenvalue weighted by Crippen LogP contribution is 2.36. The number of thiophene rings is 1. The zero-order chi connectivity index (χ0) is 18.9. The van der Waals surface area contributed by atoms with Crippen molar-refractivity contribution in [2.24, 2.45) is 0 Å². The van der Waals surface area contributed by atoms with Crippen molar-refractivity contribution in [2.45, 2.75) is 32.0 Å². The van der Waals surface area contributed by atoms with Gasteiger partial charge in [0.15, 0.2) is 19.1 Å². The maximum atomic E-state index is 5.83. The van der Waals surface area contributed by atoms with Gasteiger partial charge in [0.25, 0.3) is 0 Å². The maximum Gasteiger partial charge on any atom is 0.203 e. The van der Waals surface area contributed by atoms with E-state index < -0.39 is 0 Å². The van der Waals surface area contributed by atoms with Crippen LogP contribution in [0.3, 0.4) is 0 Å². The van der Waals surface area contributed by atoms with Crippen molar-refractivity contribution in [1.29, 1.82) is 0 Å². The van der Waals surface area contributed by atoms with Crippen molar-refractivity contribution in [3.05, 3.63) is 57.5 Å². The maximum absolute atomic E-state index is 5.83. The van der Waals surface area contributed by atoms with Crippen molar-refractivity contribution in [3.63, 3.8) is 0 Å². The molecule has 4 heterocycles. The van der Waals surface area contributed by atoms with Crippen LogP contribution < -0.4 is 14.8 Å². The number of nitrogens with zero attached hydrogens (tertiary/aromatic N) is 4. The second-order valence-corrected chi connectivity index (χ2v) is 9.11. The van der Waals surface area contributed by atoms with E-state index >= 15 is 0 Å². The normalized spacial score (nSPS) is 17.9. The van der Waals surface area contributed by atoms with Gasteiger partial charge in [-0.25, -0.2) is 4.98 Å². The lowest BCUT2D eigenvalue weighted by molar-refractivity contribution is -0.924. The quantitative estimate of drug-likeness (QED) is 0.623. The third-order valence-electron chi connectivity index (χ3n) is 5.68. The summed E-state index contributed by atoms with van der Waals surface area (Å²) in [4.78, 5) is 8.47. The van der Waals surface area contributed by atoms with E-state index in [-0.39, 0.29) is 0 Å². The first-order valence-electron chi connectivity index (χ1n) is 10.0. The van der Waals surface area contributed by atoms with Crippen molar-refractivity contribution < 1.29 is 9.88 Å². The molecule has 0 radical (unpaired) electrons. The Balaban J connectivity index is 1.29. The van der Waals surface area contributed by atoms with E-state index in [0.717, 1.165) is 49.9 Å². The van der Waals surface area contributed by atoms with Crippen molar-refractivity contribution >= 4 is 29.2 Å². The van der Waals surface area contributed by atoms with Gasteiger partial charge in [0, 0.05) is 35.2 Å². The number of aromatic nitrogens is 4. The average molecular weight is 415 g/mol. The summed E-state index contributed by atoms with van der Waals surface area (Å²) in [5.74, 6) is 1.13. The third kappa shape index (κ3) is 3.76. The van der Waals surface area contributed by atoms with Crippen molar-refractivity contribution in [3.8, 4) is 0 Å². The molecule has 0 bridgehead atoms. The number of nitrogens with one attached hydrogen (secondary N) is 2. The summed E-state index contributed by atoms with van der Waals surface area (Å²) < 4.78 is 5.31. The fourth-order valence-corrected chi connectivity index (χ4v) is 5.06. The highest BCUT2D eigenvalue weighted by molar-refractivity contribution is 7.71. The topological polar surface area (TPSA) is 44.6 Å². The molecule has 146 valence electrons. The Morgan fingerprint density at radius 2 is 1.96 bits per heavy atom. The number of piperazine rings is 1. The zero-order valence-corrected chi connectivity index (χ0v) is 17.5. The van der Waals surface area contributed by atoms with Crippen LogP contribution in [0.25, 0.3) is 0 Å². The van der Waals surface area contributed by atoms with E-state index in [1.54, 1.807) is 16.2 Å². The van der Waals surface area contributed by atoms with Gasteiger partial charge in [-0.05, 0) is 36.5 Å². The number of H-pyrrole nitrogens is 1. The molecular weight excluding hydrogens is 388 g/mol. The lowest BCUT2D eigenvalue weighted by atomic mass is 10.3. The van der Waals surface area contributed by atoms with Gasteiger partial charge in [-0.3, -0.25) is 0 Å². The zero-order valence-electron chi connectivity index (χ0n) is 15.9. The number of quaternary nitrogens is 1. The number of rotatable bonds is 6. The molecule has 0 spiro atoms. The Labute approximate surface area is 174 Å². The van der Waals surface area contributed by atoms with Gasteiger partial charge in [0.2, 0.25) is 4.77 Å². The standard InChI is InChI=1S/C20H24N6S2/c27-20-25(15-23-9-11-24(12-10-23)16-5-7-21-8-6-16)22-19(26(20)17-3-4-17)14-18-2-1-13-28-18/h1-2,5-8,13,17H,3-4,9-12,14-15H2/p+2. The molecule has 2 N–H and O–H groups in total. The minimum Gasteiger partial charge on any atom is -0.360 e. The molecule has 0 atom stereocenters. The first-order chi connectivity index (χ1) is 13.8. The van der Waals surface area contributed by atoms with Gasteiger partial charge in [0.1, 0.15) is 5.82 Å². The van der Waals surface area contributed by atoms with Crippen LogP contribution in [0.4, 0.5) is 5.69 Å². The monoisotopic (exact) mass is 414 g/mol. The van der Waals surface area contributed by atoms with Gasteiger partial charge < -0.3 is 14.4 Å². The molecule has 0 unspecified atom stereocenters. The number of hydrogen-bond acceptors (Lipinski definition) is 4. The lowest BCUT2D eigenvalue weighted by Gasteiger charge is -2.33. The first-order valence-corrected chi connectivity index (χ1v) is 11.3. The summed E-state index contributed by atoms with van der Waals surface area (Å²) in [6.45, 7) is 5.22. The van der Waals surface area contributed by atoms with Crippen LogP contribution in [0.1, 0.15) is 29.6 Å². The Morgan fingerprint density at radius 1 is 1.18 bits per heavy atom. The summed E-state index contributed by atoms with van der Waals surface area (Å²) in [6, 6.07) is 9.17. The molecule has 1 aliphatic heterocycles. The third-order valence-corrected chi connectivity index (χ3v) is 6.96. The fraction of sp³-hybridized carbons (Fsp3) is 0.450. The predicted octanol–water partition coefficient (Wildman–Crippen LogP) is 1.58. The first kappa shape index (κ1) is 18.0. The molecule has 0 amide bonds. The van der Waals surface area contributed by atoms with Crippen LogP contribution in [-0.4, -0.2) is 40.5 Å². The minimum absolute atomic E-state index is 0.568. The molecule has 3 aromatic heterocycles. The smallest absolute Gasteiger partial charge is 0.203 e. The lowest BCUT2D eigenvalue weighted by Crippen LogP contribution is -3.14. The molecule has 28 heavy (non-hydrogen) atoms. The van der Waals surface area contributed by atoms with Crippen molar-refractivity contribution in [1.82, 2.24) is 14.3 Å². The summed E-state index contributed by atoms with van der Waals surface area (Å²) in [7, 11) is 0. The van der Waals surface area contributed by atoms with Gasteiger partial charge in [-0.1, -0.05) is 6.07 Å². The number of pyridine rings is 1. The molecule has 5 rings (SSSR count). The SMILES string of the molecule is S=c1n(C[NH+]2CCN(c3cc[nH+]cc3)CC2)nc(Cc2cccs2)n1C1CC1. The van der Waals surface area contributed by atoms with Gasteiger partial charge >= 0.3 is 0 Å². The second-order valence-electron chi connectivity index (χ2n) is 7.71. The summed E-state index contributed by atoms with van der Waals surface area (Å²) in [5, 5.41) is 7.10. The molecule has 1 saturated heterocycles. The molecule has 6 nitrogen and oxygen atoms in total. The fourth-order valence-electron chi connectivity index (χ4n) is 4.00. The average Bonchev–Trinajstić information content (AvgIpc) is 3.34. The molecule has 3 aromatic rings. The second kappa shape index (κ2) is 7.77. The van der Waals surface area contributed by atoms with Crippen LogP contribution in [0, 0.1) is 4.77 Å². The number of hydrogen-bond donors (Lipinski definition) is 1. The Hall–Kier alpha value is -2.03. The molecule has 1 saturated carbocycles. The molecule has 0 aromatic carbocycles. The van der Waals surface area contributed by atoms with Crippen LogP contribution in [0.2, 0.25) is 0 Å². The Bertz CT molecular complexity index is 966. The summed E-state index contributed by atoms with van der Waals surface area (Å²) >= 11 is 7.63. The van der Waals surface area contributed by atoms with E-state index in [4.69, 9.17) is 17.3 Å². The predicted molar refractivity (Wildman–Crippen MR) is 112 cm³/mol. The molecular formula is C20H26N6S2+2. The highest BCUT2D eigenvalue weighted by atomic mass is 32.1. The molecule has 2 aliphatic rings. The van der Waals surface area contributed by atoms with Crippen LogP contribution in [0.15, 0.2) is 42.0 Å². The molecule has 8 heteroatoms.